The first-order valence-corrected chi connectivity index (χ1v) is 13.0. The molecule has 4 fully saturated rings. The molecule has 3 heteroatoms. The Morgan fingerprint density at radius 1 is 1.00 bits per heavy atom. The average Bonchev–Trinajstić information content (AvgIpc) is 3.04. The predicted molar refractivity (Wildman–Crippen MR) is 123 cm³/mol. The Labute approximate surface area is 189 Å². The molecule has 5 rings (SSSR count). The van der Waals surface area contributed by atoms with Crippen molar-refractivity contribution in [2.75, 3.05) is 0 Å². The molecule has 3 nitrogen and oxygen atoms in total. The predicted octanol–water partition coefficient (Wildman–Crippen LogP) is 6.29. The van der Waals surface area contributed by atoms with Crippen molar-refractivity contribution in [2.24, 2.45) is 45.3 Å². The van der Waals surface area contributed by atoms with Crippen molar-refractivity contribution >= 4 is 5.97 Å². The highest BCUT2D eigenvalue weighted by molar-refractivity contribution is 5.66. The molecule has 0 radical (unpaired) electrons. The number of hydrogen-bond acceptors (Lipinski definition) is 3. The van der Waals surface area contributed by atoms with Crippen LogP contribution in [-0.4, -0.2) is 23.3 Å². The number of aliphatic hydroxyl groups excluding tert-OH is 1. The van der Waals surface area contributed by atoms with E-state index in [2.05, 4.69) is 40.7 Å². The van der Waals surface area contributed by atoms with Crippen LogP contribution in [0, 0.1) is 45.3 Å². The van der Waals surface area contributed by atoms with E-state index in [1.807, 2.05) is 0 Å². The molecule has 0 aromatic rings. The zero-order valence-electron chi connectivity index (χ0n) is 20.7. The third kappa shape index (κ3) is 2.83. The van der Waals surface area contributed by atoms with Gasteiger partial charge in [0.25, 0.3) is 0 Å². The van der Waals surface area contributed by atoms with Crippen molar-refractivity contribution in [1.82, 2.24) is 0 Å². The lowest BCUT2D eigenvalue weighted by Crippen LogP contribution is -2.67. The Kier molecular flexibility index (Phi) is 4.85. The summed E-state index contributed by atoms with van der Waals surface area (Å²) in [5.41, 5.74) is 2.22. The summed E-state index contributed by atoms with van der Waals surface area (Å²) in [6.07, 6.45) is 12.6. The Hall–Kier alpha value is -0.830. The van der Waals surface area contributed by atoms with Crippen molar-refractivity contribution in [3.05, 3.63) is 11.6 Å². The molecule has 0 saturated heterocycles. The van der Waals surface area contributed by atoms with Gasteiger partial charge in [-0.2, -0.15) is 0 Å². The standard InChI is InChI=1S/C28H44O3/c1-17(29)31-23-16-22-26(4)14-7-13-25(2,3)20(26)12-15-27(22,5)21-11-9-18-8-10-19(30)24(18)28(21,23)6/h9,19-24,30H,7-8,10-16H2,1-6H3/t19-,20-,21+,22+,23-,24-,26+,27+,28-/m1/s1. The summed E-state index contributed by atoms with van der Waals surface area (Å²) in [5.74, 6) is 1.79. The number of aliphatic hydroxyl groups is 1. The fourth-order valence-corrected chi connectivity index (χ4v) is 10.6. The Morgan fingerprint density at radius 3 is 2.42 bits per heavy atom. The van der Waals surface area contributed by atoms with Gasteiger partial charge in [0.2, 0.25) is 0 Å². The van der Waals surface area contributed by atoms with Gasteiger partial charge >= 0.3 is 5.97 Å². The molecule has 0 spiro atoms. The Bertz CT molecular complexity index is 798. The van der Waals surface area contributed by atoms with Crippen molar-refractivity contribution in [3.63, 3.8) is 0 Å². The molecule has 5 aliphatic rings. The van der Waals surface area contributed by atoms with Crippen LogP contribution in [0.25, 0.3) is 0 Å². The SMILES string of the molecule is CC(=O)O[C@@H]1C[C@H]2[C@@]3(C)CCCC(C)(C)[C@H]3CC[C@@]2(C)[C@@H]2CC=C3CC[C@@H](O)[C@@H]3[C@@]12C. The van der Waals surface area contributed by atoms with Gasteiger partial charge in [-0.3, -0.25) is 4.79 Å². The van der Waals surface area contributed by atoms with Crippen LogP contribution in [0.5, 0.6) is 0 Å². The van der Waals surface area contributed by atoms with Crippen LogP contribution in [0.15, 0.2) is 11.6 Å². The molecule has 174 valence electrons. The monoisotopic (exact) mass is 428 g/mol. The number of esters is 1. The molecular weight excluding hydrogens is 384 g/mol. The van der Waals surface area contributed by atoms with E-state index in [-0.39, 0.29) is 34.9 Å². The van der Waals surface area contributed by atoms with Crippen LogP contribution in [0.1, 0.15) is 99.3 Å². The number of hydrogen-bond donors (Lipinski definition) is 1. The van der Waals surface area contributed by atoms with E-state index >= 15 is 0 Å². The fraction of sp³-hybridized carbons (Fsp3) is 0.893. The summed E-state index contributed by atoms with van der Waals surface area (Å²) in [4.78, 5) is 12.3. The van der Waals surface area contributed by atoms with Gasteiger partial charge in [-0.1, -0.05) is 52.7 Å². The van der Waals surface area contributed by atoms with E-state index in [0.29, 0.717) is 22.7 Å². The number of carbonyl (C=O) groups excluding carboxylic acids is 1. The molecule has 0 bridgehead atoms. The van der Waals surface area contributed by atoms with Crippen LogP contribution in [-0.2, 0) is 9.53 Å². The zero-order chi connectivity index (χ0) is 22.4. The summed E-state index contributed by atoms with van der Waals surface area (Å²) in [6.45, 7) is 14.1. The highest BCUT2D eigenvalue weighted by atomic mass is 16.5. The van der Waals surface area contributed by atoms with Gasteiger partial charge in [0.1, 0.15) is 6.10 Å². The van der Waals surface area contributed by atoms with Gasteiger partial charge in [0.15, 0.2) is 0 Å². The molecule has 0 heterocycles. The zero-order valence-corrected chi connectivity index (χ0v) is 20.7. The summed E-state index contributed by atoms with van der Waals surface area (Å²) in [6, 6.07) is 0. The maximum atomic E-state index is 12.3. The van der Waals surface area contributed by atoms with Gasteiger partial charge in [0.05, 0.1) is 6.10 Å². The van der Waals surface area contributed by atoms with E-state index in [9.17, 15) is 9.90 Å². The largest absolute Gasteiger partial charge is 0.462 e. The van der Waals surface area contributed by atoms with Gasteiger partial charge in [-0.05, 0) is 85.4 Å². The lowest BCUT2D eigenvalue weighted by molar-refractivity contribution is -0.244. The molecular formula is C28H44O3. The van der Waals surface area contributed by atoms with Crippen molar-refractivity contribution in [3.8, 4) is 0 Å². The number of rotatable bonds is 1. The van der Waals surface area contributed by atoms with Gasteiger partial charge < -0.3 is 9.84 Å². The number of allylic oxidation sites excluding steroid dienone is 1. The second-order valence-corrected chi connectivity index (χ2v) is 13.3. The second-order valence-electron chi connectivity index (χ2n) is 13.3. The highest BCUT2D eigenvalue weighted by Crippen LogP contribution is 2.74. The first-order chi connectivity index (χ1) is 14.4. The minimum absolute atomic E-state index is 0.0878. The molecule has 0 aromatic carbocycles. The third-order valence-electron chi connectivity index (χ3n) is 11.6. The Morgan fingerprint density at radius 2 is 1.71 bits per heavy atom. The molecule has 9 atom stereocenters. The second kappa shape index (κ2) is 6.84. The van der Waals surface area contributed by atoms with E-state index in [1.54, 1.807) is 6.92 Å². The fourth-order valence-electron chi connectivity index (χ4n) is 10.6. The summed E-state index contributed by atoms with van der Waals surface area (Å²) in [5, 5.41) is 11.1. The minimum atomic E-state index is -0.294. The number of fused-ring (bicyclic) bond motifs is 7. The Balaban J connectivity index is 1.62. The summed E-state index contributed by atoms with van der Waals surface area (Å²) >= 11 is 0. The van der Waals surface area contributed by atoms with Crippen molar-refractivity contribution < 1.29 is 14.6 Å². The summed E-state index contributed by atoms with van der Waals surface area (Å²) in [7, 11) is 0. The molecule has 31 heavy (non-hydrogen) atoms. The molecule has 0 aliphatic heterocycles. The molecule has 0 unspecified atom stereocenters. The average molecular weight is 429 g/mol. The smallest absolute Gasteiger partial charge is 0.302 e. The van der Waals surface area contributed by atoms with E-state index in [4.69, 9.17) is 4.74 Å². The van der Waals surface area contributed by atoms with E-state index < -0.39 is 0 Å². The maximum absolute atomic E-state index is 12.3. The number of ether oxygens (including phenoxy) is 1. The topological polar surface area (TPSA) is 46.5 Å². The van der Waals surface area contributed by atoms with Crippen LogP contribution in [0.4, 0.5) is 0 Å². The van der Waals surface area contributed by atoms with Gasteiger partial charge in [-0.25, -0.2) is 0 Å². The molecule has 0 aromatic heterocycles. The van der Waals surface area contributed by atoms with Gasteiger partial charge in [-0.15, -0.1) is 0 Å². The lowest BCUT2D eigenvalue weighted by atomic mass is 9.34. The first-order valence-electron chi connectivity index (χ1n) is 13.0. The van der Waals surface area contributed by atoms with Crippen LogP contribution in [0.3, 0.4) is 0 Å². The number of carbonyl (C=O) groups is 1. The molecule has 1 N–H and O–H groups in total. The van der Waals surface area contributed by atoms with E-state index in [0.717, 1.165) is 31.6 Å². The molecule has 5 aliphatic carbocycles. The van der Waals surface area contributed by atoms with Crippen LogP contribution < -0.4 is 0 Å². The van der Waals surface area contributed by atoms with Crippen molar-refractivity contribution in [2.45, 2.75) is 112 Å². The van der Waals surface area contributed by atoms with Crippen LogP contribution >= 0.6 is 0 Å². The quantitative estimate of drug-likeness (QED) is 0.394. The molecule has 0 amide bonds. The maximum Gasteiger partial charge on any atom is 0.302 e. The van der Waals surface area contributed by atoms with Crippen molar-refractivity contribution in [1.29, 1.82) is 0 Å². The van der Waals surface area contributed by atoms with E-state index in [1.165, 1.54) is 37.7 Å². The lowest BCUT2D eigenvalue weighted by Gasteiger charge is -2.71. The third-order valence-corrected chi connectivity index (χ3v) is 11.6. The van der Waals surface area contributed by atoms with Crippen LogP contribution in [0.2, 0.25) is 0 Å². The summed E-state index contributed by atoms with van der Waals surface area (Å²) < 4.78 is 6.21. The van der Waals surface area contributed by atoms with Gasteiger partial charge in [0, 0.05) is 18.3 Å². The minimum Gasteiger partial charge on any atom is -0.462 e. The highest BCUT2D eigenvalue weighted by Gasteiger charge is 2.69. The molecule has 4 saturated carbocycles. The normalized spacial score (nSPS) is 52.8. The first kappa shape index (κ1) is 22.0.